The van der Waals surface area contributed by atoms with Gasteiger partial charge in [-0.15, -0.1) is 29.7 Å². The van der Waals surface area contributed by atoms with E-state index in [9.17, 15) is 0 Å². The fourth-order valence-corrected chi connectivity index (χ4v) is 7.23. The monoisotopic (exact) mass is 956 g/mol. The number of aromatic nitrogens is 5. The Hall–Kier alpha value is -6.62. The number of rotatable bonds is 8. The molecule has 4 aromatic heterocycles. The average Bonchev–Trinajstić information content (AvgIpc) is 3.90. The van der Waals surface area contributed by atoms with Gasteiger partial charge in [-0.1, -0.05) is 123 Å². The summed E-state index contributed by atoms with van der Waals surface area (Å²) in [6.45, 7) is 5.58. The summed E-state index contributed by atoms with van der Waals surface area (Å²) < 4.78 is 116. The number of ether oxygens (including phenoxy) is 1. The van der Waals surface area contributed by atoms with Gasteiger partial charge in [-0.3, -0.25) is 9.55 Å². The van der Waals surface area contributed by atoms with Gasteiger partial charge in [-0.05, 0) is 74.9 Å². The van der Waals surface area contributed by atoms with Crippen LogP contribution in [0.3, 0.4) is 0 Å². The van der Waals surface area contributed by atoms with Gasteiger partial charge < -0.3 is 13.9 Å². The summed E-state index contributed by atoms with van der Waals surface area (Å²) in [5.41, 5.74) is 2.61. The van der Waals surface area contributed by atoms with Gasteiger partial charge in [0.1, 0.15) is 5.82 Å². The van der Waals surface area contributed by atoms with Crippen LogP contribution in [0.4, 0.5) is 0 Å². The Kier molecular flexibility index (Phi) is 6.99. The Balaban J connectivity index is 0.00000624. The molecule has 59 heavy (non-hydrogen) atoms. The van der Waals surface area contributed by atoms with Crippen molar-refractivity contribution < 1.29 is 46.8 Å². The van der Waals surface area contributed by atoms with Gasteiger partial charge in [0.25, 0.3) is 6.33 Å². The summed E-state index contributed by atoms with van der Waals surface area (Å²) in [4.78, 5) is 9.10. The third-order valence-electron chi connectivity index (χ3n) is 9.52. The molecule has 0 radical (unpaired) electrons. The number of hydrogen-bond acceptors (Lipinski definition) is 3. The van der Waals surface area contributed by atoms with Gasteiger partial charge >= 0.3 is 0 Å². The Bertz CT molecular complexity index is 3670. The number of nitrogens with zero attached hydrogens (tertiary/aromatic N) is 5. The van der Waals surface area contributed by atoms with E-state index in [1.54, 1.807) is 71.6 Å². The third-order valence-corrected chi connectivity index (χ3v) is 9.52. The maximum Gasteiger partial charge on any atom is 0.268 e. The van der Waals surface area contributed by atoms with Crippen LogP contribution in [0.1, 0.15) is 42.8 Å². The van der Waals surface area contributed by atoms with E-state index in [-0.39, 0.29) is 49.0 Å². The summed E-state index contributed by atoms with van der Waals surface area (Å²) in [6.07, 6.45) is 6.39. The van der Waals surface area contributed by atoms with Crippen LogP contribution < -0.4 is 9.30 Å². The van der Waals surface area contributed by atoms with Crippen LogP contribution in [-0.4, -0.2) is 19.1 Å². The molecule has 6 aromatic carbocycles. The molecule has 7 heteroatoms. The zero-order valence-electron chi connectivity index (χ0n) is 43.9. The molecule has 290 valence electrons. The third kappa shape index (κ3) is 7.26. The molecule has 10 aromatic rings. The predicted octanol–water partition coefficient (Wildman–Crippen LogP) is 11.9. The summed E-state index contributed by atoms with van der Waals surface area (Å²) in [7, 11) is 0. The van der Waals surface area contributed by atoms with Crippen molar-refractivity contribution in [2.45, 2.75) is 27.1 Å². The van der Waals surface area contributed by atoms with E-state index in [0.29, 0.717) is 45.1 Å². The molecule has 0 unspecified atom stereocenters. The van der Waals surface area contributed by atoms with E-state index in [1.807, 2.05) is 55.7 Å². The van der Waals surface area contributed by atoms with Gasteiger partial charge in [0.2, 0.25) is 0 Å². The van der Waals surface area contributed by atoms with Gasteiger partial charge in [0.15, 0.2) is 0 Å². The van der Waals surface area contributed by atoms with E-state index in [2.05, 4.69) is 23.4 Å². The van der Waals surface area contributed by atoms with Crippen LogP contribution in [0.15, 0.2) is 170 Å². The molecule has 4 heterocycles. The van der Waals surface area contributed by atoms with Crippen molar-refractivity contribution in [1.29, 1.82) is 0 Å². The van der Waals surface area contributed by atoms with Crippen molar-refractivity contribution in [3.8, 4) is 50.9 Å². The molecule has 0 saturated heterocycles. The van der Waals surface area contributed by atoms with E-state index < -0.39 is 72.2 Å². The molecule has 6 nitrogen and oxygen atoms in total. The molecule has 0 fully saturated rings. The molecule has 0 aliphatic carbocycles. The van der Waals surface area contributed by atoms with Gasteiger partial charge in [0, 0.05) is 59.4 Å². The second-order valence-electron chi connectivity index (χ2n) is 14.6. The Labute approximate surface area is 375 Å². The molecule has 0 amide bonds. The number of pyridine rings is 2. The van der Waals surface area contributed by atoms with Crippen LogP contribution in [0.25, 0.3) is 72.3 Å². The van der Waals surface area contributed by atoms with Gasteiger partial charge in [-0.25, -0.2) is 4.98 Å². The number of imidazole rings is 1. The summed E-state index contributed by atoms with van der Waals surface area (Å²) in [6, 6.07) is 27.9. The van der Waals surface area contributed by atoms with Crippen molar-refractivity contribution in [3.05, 3.63) is 194 Å². The molecule has 0 bridgehead atoms. The van der Waals surface area contributed by atoms with E-state index >= 15 is 0 Å². The second-order valence-corrected chi connectivity index (χ2v) is 14.6. The largest absolute Gasteiger partial charge is 0.510 e. The van der Waals surface area contributed by atoms with E-state index in [4.69, 9.17) is 26.2 Å². The first-order valence-electron chi connectivity index (χ1n) is 24.5. The quantitative estimate of drug-likeness (QED) is 0.113. The fourth-order valence-electron chi connectivity index (χ4n) is 7.23. The van der Waals surface area contributed by atoms with Crippen molar-refractivity contribution >= 4 is 32.8 Å². The summed E-state index contributed by atoms with van der Waals surface area (Å²) in [5.74, 6) is 1.16. The molecule has 0 saturated carbocycles. The maximum absolute atomic E-state index is 8.98. The first kappa shape index (κ1) is 26.4. The van der Waals surface area contributed by atoms with Crippen LogP contribution in [0, 0.1) is 23.9 Å². The Morgan fingerprint density at radius 3 is 2.19 bits per heavy atom. The standard InChI is InChI=1S/C52H39N5O.Pt/c1-52(2,3)33-36-26-29-54-50(30-36)57-46-23-11-10-20-44(46)45-25-24-41(32-48(45)57)58-40-19-12-18-39(31-40)55-35-56(49-34-53-28-27-47(49)55)51-42(37-14-6-4-7-15-37)21-13-22-43(51)38-16-8-5-9-17-38;/h4-30,34H,33H2,1-3H3;/q-2;/i4D,5D,6D,7D,8D,9D,14D,15D,16D,17D,33D2;. The van der Waals surface area contributed by atoms with Crippen molar-refractivity contribution in [2.24, 2.45) is 5.41 Å². The van der Waals surface area contributed by atoms with Crippen LogP contribution >= 0.6 is 0 Å². The molecule has 0 spiro atoms. The average molecular weight is 957 g/mol. The van der Waals surface area contributed by atoms with Crippen molar-refractivity contribution in [1.82, 2.24) is 19.1 Å². The van der Waals surface area contributed by atoms with Crippen molar-refractivity contribution in [3.63, 3.8) is 0 Å². The molecular formula is C52H39N5OPt-2. The first-order chi connectivity index (χ1) is 33.3. The summed E-state index contributed by atoms with van der Waals surface area (Å²) in [5, 5.41) is 1.82. The zero-order chi connectivity index (χ0) is 49.7. The Morgan fingerprint density at radius 2 is 1.44 bits per heavy atom. The number of para-hydroxylation sites is 2. The van der Waals surface area contributed by atoms with Crippen LogP contribution in [0.2, 0.25) is 0 Å². The Morgan fingerprint density at radius 1 is 0.729 bits per heavy atom. The fraction of sp³-hybridized carbons (Fsp3) is 0.0962. The van der Waals surface area contributed by atoms with Crippen molar-refractivity contribution in [2.75, 3.05) is 0 Å². The topological polar surface area (TPSA) is 48.8 Å². The second kappa shape index (κ2) is 15.6. The zero-order valence-corrected chi connectivity index (χ0v) is 34.1. The molecule has 0 atom stereocenters. The van der Waals surface area contributed by atoms with E-state index in [0.717, 1.165) is 16.3 Å². The summed E-state index contributed by atoms with van der Waals surface area (Å²) >= 11 is 0. The minimum Gasteiger partial charge on any atom is -0.510 e. The predicted molar refractivity (Wildman–Crippen MR) is 232 cm³/mol. The SMILES string of the molecule is [2H]c1c([2H])c([2H])c(-c2cccc(-c3c([2H])c([2H])c([2H])c([2H])c3[2H])c2-[n+]2[c-]n(-c3[c-]c(Oc4[c-]c5c(cc4)c4ccccc4n5-c4cc(C([2H])([2H])C(C)(C)C)ccn4)ccc3)c3ccncc32)c([2H])c1[2H].[Pt]. The normalized spacial score (nSPS) is 14.7. The number of hydrogen-bond donors (Lipinski definition) is 0. The van der Waals surface area contributed by atoms with Gasteiger partial charge in [0.05, 0.1) is 30.4 Å². The van der Waals surface area contributed by atoms with Crippen LogP contribution in [-0.2, 0) is 27.4 Å². The number of fused-ring (bicyclic) bond motifs is 4. The van der Waals surface area contributed by atoms with Crippen LogP contribution in [0.5, 0.6) is 11.5 Å². The molecule has 0 N–H and O–H groups in total. The van der Waals surface area contributed by atoms with E-state index in [1.165, 1.54) is 16.8 Å². The smallest absolute Gasteiger partial charge is 0.268 e. The molecule has 10 rings (SSSR count). The molecule has 0 aliphatic heterocycles. The van der Waals surface area contributed by atoms with Gasteiger partial charge in [-0.2, -0.15) is 18.2 Å². The first-order valence-corrected chi connectivity index (χ1v) is 18.5. The maximum atomic E-state index is 8.98. The molecular weight excluding hydrogens is 906 g/mol. The number of benzene rings is 6. The molecule has 0 aliphatic rings. The minimum atomic E-state index is -1.67. The minimum absolute atomic E-state index is 0.